The van der Waals surface area contributed by atoms with Crippen molar-refractivity contribution < 1.29 is 9.53 Å². The largest absolute Gasteiger partial charge is 0.462 e. The Morgan fingerprint density at radius 3 is 2.27 bits per heavy atom. The number of hydrogen-bond donors (Lipinski definition) is 0. The second kappa shape index (κ2) is 15.3. The minimum atomic E-state index is 0.0591. The molecule has 8 atom stereocenters. The normalized spacial score (nSPS) is 35.4. The first-order valence-electron chi connectivity index (χ1n) is 18.6. The van der Waals surface area contributed by atoms with Crippen LogP contribution in [-0.2, 0) is 9.53 Å². The van der Waals surface area contributed by atoms with Gasteiger partial charge in [-0.3, -0.25) is 4.79 Å². The van der Waals surface area contributed by atoms with Gasteiger partial charge in [-0.05, 0) is 97.7 Å². The van der Waals surface area contributed by atoms with Gasteiger partial charge in [-0.15, -0.1) is 0 Å². The maximum absolute atomic E-state index is 12.7. The average molecular weight is 569 g/mol. The summed E-state index contributed by atoms with van der Waals surface area (Å²) in [4.78, 5) is 12.7. The molecule has 0 aromatic rings. The van der Waals surface area contributed by atoms with Crippen LogP contribution in [0.2, 0.25) is 0 Å². The number of hydrogen-bond acceptors (Lipinski definition) is 2. The van der Waals surface area contributed by atoms with E-state index in [1.165, 1.54) is 109 Å². The summed E-state index contributed by atoms with van der Waals surface area (Å²) in [6, 6.07) is 0. The summed E-state index contributed by atoms with van der Waals surface area (Å²) in [6.07, 6.45) is 29.6. The van der Waals surface area contributed by atoms with Gasteiger partial charge in [-0.25, -0.2) is 0 Å². The number of unbranched alkanes of at least 4 members (excludes halogenated alkanes) is 8. The summed E-state index contributed by atoms with van der Waals surface area (Å²) >= 11 is 0. The zero-order valence-electron chi connectivity index (χ0n) is 28.3. The van der Waals surface area contributed by atoms with Crippen LogP contribution in [0.5, 0.6) is 0 Å². The highest BCUT2D eigenvalue weighted by atomic mass is 16.5. The van der Waals surface area contributed by atoms with E-state index in [9.17, 15) is 4.79 Å². The molecule has 0 unspecified atom stereocenters. The van der Waals surface area contributed by atoms with Crippen LogP contribution in [-0.4, -0.2) is 12.1 Å². The molecule has 4 aliphatic carbocycles. The predicted octanol–water partition coefficient (Wildman–Crippen LogP) is 11.9. The molecule has 0 amide bonds. The molecule has 4 aliphatic rings. The van der Waals surface area contributed by atoms with Crippen molar-refractivity contribution in [1.82, 2.24) is 0 Å². The van der Waals surface area contributed by atoms with E-state index in [-0.39, 0.29) is 12.1 Å². The maximum Gasteiger partial charge on any atom is 0.306 e. The van der Waals surface area contributed by atoms with Crippen LogP contribution in [0, 0.1) is 46.3 Å². The van der Waals surface area contributed by atoms with Crippen molar-refractivity contribution in [3.05, 3.63) is 11.6 Å². The van der Waals surface area contributed by atoms with E-state index in [2.05, 4.69) is 47.6 Å². The monoisotopic (exact) mass is 569 g/mol. The summed E-state index contributed by atoms with van der Waals surface area (Å²) in [5.41, 5.74) is 2.54. The number of ether oxygens (including phenoxy) is 1. The van der Waals surface area contributed by atoms with E-state index in [0.717, 1.165) is 54.8 Å². The molecule has 3 saturated carbocycles. The quantitative estimate of drug-likeness (QED) is 0.105. The van der Waals surface area contributed by atoms with Crippen molar-refractivity contribution in [2.45, 2.75) is 182 Å². The van der Waals surface area contributed by atoms with Crippen molar-refractivity contribution in [1.29, 1.82) is 0 Å². The number of esters is 1. The van der Waals surface area contributed by atoms with Gasteiger partial charge in [0, 0.05) is 12.8 Å². The molecule has 0 aromatic carbocycles. The van der Waals surface area contributed by atoms with E-state index in [0.29, 0.717) is 17.3 Å². The zero-order valence-corrected chi connectivity index (χ0v) is 28.3. The third-order valence-electron chi connectivity index (χ3n) is 13.0. The third kappa shape index (κ3) is 8.03. The molecule has 0 N–H and O–H groups in total. The lowest BCUT2D eigenvalue weighted by atomic mass is 9.47. The molecule has 236 valence electrons. The van der Waals surface area contributed by atoms with Crippen LogP contribution in [0.25, 0.3) is 0 Å². The maximum atomic E-state index is 12.7. The molecule has 0 bridgehead atoms. The van der Waals surface area contributed by atoms with E-state index < -0.39 is 0 Å². The van der Waals surface area contributed by atoms with Gasteiger partial charge in [0.2, 0.25) is 0 Å². The van der Waals surface area contributed by atoms with Crippen LogP contribution in [0.1, 0.15) is 176 Å². The van der Waals surface area contributed by atoms with Crippen LogP contribution < -0.4 is 0 Å². The molecule has 0 aliphatic heterocycles. The van der Waals surface area contributed by atoms with Gasteiger partial charge in [-0.2, -0.15) is 0 Å². The van der Waals surface area contributed by atoms with E-state index >= 15 is 0 Å². The summed E-state index contributed by atoms with van der Waals surface area (Å²) < 4.78 is 6.09. The highest BCUT2D eigenvalue weighted by Gasteiger charge is 2.59. The zero-order chi connectivity index (χ0) is 29.5. The van der Waals surface area contributed by atoms with Crippen molar-refractivity contribution >= 4 is 5.97 Å². The number of fused-ring (bicyclic) bond motifs is 5. The van der Waals surface area contributed by atoms with Gasteiger partial charge < -0.3 is 4.74 Å². The molecule has 0 saturated heterocycles. The second-order valence-corrected chi connectivity index (χ2v) is 16.2. The first-order valence-corrected chi connectivity index (χ1v) is 18.6. The van der Waals surface area contributed by atoms with Gasteiger partial charge in [0.1, 0.15) is 6.10 Å². The SMILES string of the molecule is CCCCCCCCCCCC(=O)O[C@H]1CC[C@@]2(C)C(=CC[C@H]3[C@H]4CC[C@H]([C@@H](C)CCCC(C)C)[C@@]4(C)CC[C@@H]32)C1. The van der Waals surface area contributed by atoms with Crippen molar-refractivity contribution in [3.63, 3.8) is 0 Å². The van der Waals surface area contributed by atoms with E-state index in [4.69, 9.17) is 4.74 Å². The third-order valence-corrected chi connectivity index (χ3v) is 13.0. The minimum absolute atomic E-state index is 0.0591. The Labute approximate surface area is 255 Å². The first kappa shape index (κ1) is 33.1. The van der Waals surface area contributed by atoms with Gasteiger partial charge in [0.15, 0.2) is 0 Å². The van der Waals surface area contributed by atoms with Crippen LogP contribution in [0.15, 0.2) is 11.6 Å². The van der Waals surface area contributed by atoms with E-state index in [1.54, 1.807) is 5.57 Å². The lowest BCUT2D eigenvalue weighted by Gasteiger charge is -2.58. The molecule has 2 heteroatoms. The molecule has 41 heavy (non-hydrogen) atoms. The molecule has 0 aromatic heterocycles. The molecule has 0 radical (unpaired) electrons. The minimum Gasteiger partial charge on any atom is -0.462 e. The number of carbonyl (C=O) groups is 1. The number of rotatable bonds is 16. The van der Waals surface area contributed by atoms with Gasteiger partial charge >= 0.3 is 5.97 Å². The molecule has 0 spiro atoms. The lowest BCUT2D eigenvalue weighted by Crippen LogP contribution is -2.51. The lowest BCUT2D eigenvalue weighted by molar-refractivity contribution is -0.151. The molecular formula is C39H68O2. The number of carbonyl (C=O) groups excluding carboxylic acids is 1. The first-order chi connectivity index (χ1) is 19.7. The standard InChI is InChI=1S/C39H68O2/c1-7-8-9-10-11-12-13-14-15-19-37(40)41-32-24-26-38(5)31(28-32)20-21-33-35-23-22-34(30(4)18-16-17-29(2)3)39(35,6)27-25-36(33)38/h20,29-30,32-36H,7-19,21-28H2,1-6H3/t30-,32-,33-,34+,35+,36-,38-,39+/m0/s1. The smallest absolute Gasteiger partial charge is 0.306 e. The van der Waals surface area contributed by atoms with Crippen molar-refractivity contribution in [2.24, 2.45) is 46.3 Å². The van der Waals surface area contributed by atoms with Crippen molar-refractivity contribution in [3.8, 4) is 0 Å². The Balaban J connectivity index is 1.24. The average Bonchev–Trinajstić information content (AvgIpc) is 3.29. The van der Waals surface area contributed by atoms with Crippen LogP contribution in [0.4, 0.5) is 0 Å². The van der Waals surface area contributed by atoms with Gasteiger partial charge in [-0.1, -0.05) is 124 Å². The van der Waals surface area contributed by atoms with Gasteiger partial charge in [0.25, 0.3) is 0 Å². The second-order valence-electron chi connectivity index (χ2n) is 16.2. The summed E-state index contributed by atoms with van der Waals surface area (Å²) in [5.74, 6) is 5.34. The number of allylic oxidation sites excluding steroid dienone is 1. The van der Waals surface area contributed by atoms with E-state index in [1.807, 2.05) is 0 Å². The highest BCUT2D eigenvalue weighted by molar-refractivity contribution is 5.69. The molecular weight excluding hydrogens is 500 g/mol. The molecule has 4 rings (SSSR count). The molecule has 3 fully saturated rings. The predicted molar refractivity (Wildman–Crippen MR) is 175 cm³/mol. The topological polar surface area (TPSA) is 26.3 Å². The Kier molecular flexibility index (Phi) is 12.3. The van der Waals surface area contributed by atoms with Gasteiger partial charge in [0.05, 0.1) is 0 Å². The summed E-state index contributed by atoms with van der Waals surface area (Å²) in [6.45, 7) is 14.9. The Morgan fingerprint density at radius 2 is 1.56 bits per heavy atom. The Morgan fingerprint density at radius 1 is 0.854 bits per heavy atom. The van der Waals surface area contributed by atoms with Crippen molar-refractivity contribution in [2.75, 3.05) is 0 Å². The summed E-state index contributed by atoms with van der Waals surface area (Å²) in [7, 11) is 0. The molecule has 2 nitrogen and oxygen atoms in total. The molecule has 0 heterocycles. The van der Waals surface area contributed by atoms with Crippen LogP contribution in [0.3, 0.4) is 0 Å². The fourth-order valence-corrected chi connectivity index (χ4v) is 10.6. The Hall–Kier alpha value is -0.790. The fraction of sp³-hybridized carbons (Fsp3) is 0.923. The fourth-order valence-electron chi connectivity index (χ4n) is 10.6. The highest BCUT2D eigenvalue weighted by Crippen LogP contribution is 2.67. The van der Waals surface area contributed by atoms with Crippen LogP contribution >= 0.6 is 0 Å². The summed E-state index contributed by atoms with van der Waals surface area (Å²) in [5, 5.41) is 0. The Bertz CT molecular complexity index is 843.